The Balaban J connectivity index is 2.31. The highest BCUT2D eigenvalue weighted by Crippen LogP contribution is 2.33. The molecule has 0 radical (unpaired) electrons. The van der Waals surface area contributed by atoms with Crippen molar-refractivity contribution in [3.05, 3.63) is 70.9 Å². The maximum atomic E-state index is 11.0. The number of rotatable bonds is 6. The summed E-state index contributed by atoms with van der Waals surface area (Å²) in [5.41, 5.74) is 5.30. The van der Waals surface area contributed by atoms with E-state index in [0.29, 0.717) is 6.61 Å². The van der Waals surface area contributed by atoms with E-state index >= 15 is 0 Å². The average molecular weight is 380 g/mol. The molecule has 2 aromatic rings. The van der Waals surface area contributed by atoms with Gasteiger partial charge in [-0.25, -0.2) is 4.79 Å². The smallest absolute Gasteiger partial charge is 0.335 e. The molecule has 0 spiro atoms. The summed E-state index contributed by atoms with van der Waals surface area (Å²) in [6.07, 6.45) is 1.85. The third-order valence-corrected chi connectivity index (χ3v) is 4.54. The first-order valence-electron chi connectivity index (χ1n) is 9.46. The number of carboxylic acid groups (broad SMARTS) is 1. The van der Waals surface area contributed by atoms with Gasteiger partial charge < -0.3 is 9.84 Å². The Morgan fingerprint density at radius 2 is 1.61 bits per heavy atom. The lowest BCUT2D eigenvalue weighted by molar-refractivity contribution is 0.0697. The zero-order valence-electron chi connectivity index (χ0n) is 17.5. The van der Waals surface area contributed by atoms with E-state index < -0.39 is 5.97 Å². The summed E-state index contributed by atoms with van der Waals surface area (Å²) in [6, 6.07) is 13.0. The van der Waals surface area contributed by atoms with Crippen molar-refractivity contribution >= 4 is 17.3 Å². The van der Waals surface area contributed by atoms with Gasteiger partial charge in [-0.3, -0.25) is 4.99 Å². The molecule has 0 heterocycles. The van der Waals surface area contributed by atoms with Crippen LogP contribution in [0.1, 0.15) is 68.6 Å². The Labute approximate surface area is 167 Å². The molecule has 2 rings (SSSR count). The van der Waals surface area contributed by atoms with Gasteiger partial charge >= 0.3 is 5.97 Å². The third-order valence-electron chi connectivity index (χ3n) is 4.54. The van der Waals surface area contributed by atoms with Crippen molar-refractivity contribution in [3.8, 4) is 5.75 Å². The number of aliphatic imine (C=N–C) groups is 1. The first kappa shape index (κ1) is 21.4. The van der Waals surface area contributed by atoms with E-state index in [9.17, 15) is 4.79 Å². The molecule has 0 bridgehead atoms. The normalized spacial score (nSPS) is 12.8. The van der Waals surface area contributed by atoms with Gasteiger partial charge in [-0.1, -0.05) is 39.0 Å². The van der Waals surface area contributed by atoms with Crippen molar-refractivity contribution in [3.63, 3.8) is 0 Å². The second-order valence-corrected chi connectivity index (χ2v) is 7.80. The molecule has 2 aromatic carbocycles. The van der Waals surface area contributed by atoms with Crippen LogP contribution in [0.25, 0.3) is 5.57 Å². The predicted octanol–water partition coefficient (Wildman–Crippen LogP) is 5.95. The summed E-state index contributed by atoms with van der Waals surface area (Å²) < 4.78 is 5.79. The van der Waals surface area contributed by atoms with Crippen LogP contribution in [0.15, 0.2) is 53.7 Å². The Morgan fingerprint density at radius 1 is 1.04 bits per heavy atom. The Kier molecular flexibility index (Phi) is 6.79. The van der Waals surface area contributed by atoms with Crippen LogP contribution in [0.3, 0.4) is 0 Å². The van der Waals surface area contributed by atoms with Crippen LogP contribution in [0.2, 0.25) is 0 Å². The molecule has 4 heteroatoms. The summed E-state index contributed by atoms with van der Waals surface area (Å²) >= 11 is 0. The monoisotopic (exact) mass is 379 g/mol. The van der Waals surface area contributed by atoms with Gasteiger partial charge in [-0.05, 0) is 67.2 Å². The second kappa shape index (κ2) is 8.87. The molecule has 0 aliphatic carbocycles. The van der Waals surface area contributed by atoms with Crippen LogP contribution in [-0.2, 0) is 5.41 Å². The van der Waals surface area contributed by atoms with Gasteiger partial charge in [0.15, 0.2) is 0 Å². The van der Waals surface area contributed by atoms with E-state index in [1.54, 1.807) is 24.3 Å². The molecule has 0 saturated heterocycles. The van der Waals surface area contributed by atoms with E-state index in [-0.39, 0.29) is 11.0 Å². The molecule has 28 heavy (non-hydrogen) atoms. The van der Waals surface area contributed by atoms with Gasteiger partial charge in [0.2, 0.25) is 0 Å². The summed E-state index contributed by atoms with van der Waals surface area (Å²) in [5.74, 6) is -0.00761. The van der Waals surface area contributed by atoms with Crippen LogP contribution >= 0.6 is 0 Å². The quantitative estimate of drug-likeness (QED) is 0.631. The molecule has 4 nitrogen and oxygen atoms in total. The first-order valence-corrected chi connectivity index (χ1v) is 9.46. The van der Waals surface area contributed by atoms with Crippen molar-refractivity contribution in [2.45, 2.75) is 47.0 Å². The van der Waals surface area contributed by atoms with Crippen molar-refractivity contribution in [2.24, 2.45) is 4.99 Å². The standard InChI is InChI=1S/C24H29NO3/c1-7-28-22-13-12-20(14-21(22)24(4,5)6)16(2)15-25-17(3)18-8-10-19(11-9-18)23(26)27/h8-15H,7H2,1-6H3,(H,26,27)/b16-15+,25-17?. The maximum Gasteiger partial charge on any atom is 0.335 e. The molecule has 0 amide bonds. The van der Waals surface area contributed by atoms with Gasteiger partial charge in [-0.2, -0.15) is 0 Å². The van der Waals surface area contributed by atoms with Crippen molar-refractivity contribution < 1.29 is 14.6 Å². The molecular formula is C24H29NO3. The summed E-state index contributed by atoms with van der Waals surface area (Å²) in [6.45, 7) is 13.1. The van der Waals surface area contributed by atoms with Crippen LogP contribution < -0.4 is 4.74 Å². The highest BCUT2D eigenvalue weighted by atomic mass is 16.5. The van der Waals surface area contributed by atoms with Gasteiger partial charge in [0.25, 0.3) is 0 Å². The van der Waals surface area contributed by atoms with E-state index in [2.05, 4.69) is 37.9 Å². The van der Waals surface area contributed by atoms with E-state index in [1.165, 1.54) is 5.56 Å². The summed E-state index contributed by atoms with van der Waals surface area (Å²) in [7, 11) is 0. The van der Waals surface area contributed by atoms with Crippen LogP contribution in [0, 0.1) is 0 Å². The Bertz CT molecular complexity index is 900. The molecule has 1 N–H and O–H groups in total. The minimum atomic E-state index is -0.929. The minimum Gasteiger partial charge on any atom is -0.494 e. The summed E-state index contributed by atoms with van der Waals surface area (Å²) in [5, 5.41) is 9.00. The number of carboxylic acids is 1. The molecule has 0 aliphatic rings. The SMILES string of the molecule is CCOc1ccc(/C(C)=C/N=C(C)c2ccc(C(=O)O)cc2)cc1C(C)(C)C. The van der Waals surface area contributed by atoms with Crippen molar-refractivity contribution in [1.29, 1.82) is 0 Å². The first-order chi connectivity index (χ1) is 13.1. The fourth-order valence-corrected chi connectivity index (χ4v) is 2.84. The van der Waals surface area contributed by atoms with Gasteiger partial charge in [-0.15, -0.1) is 0 Å². The number of nitrogens with zero attached hydrogens (tertiary/aromatic N) is 1. The molecule has 148 valence electrons. The minimum absolute atomic E-state index is 0.0220. The van der Waals surface area contributed by atoms with Gasteiger partial charge in [0.05, 0.1) is 12.2 Å². The highest BCUT2D eigenvalue weighted by molar-refractivity contribution is 6.00. The zero-order chi connectivity index (χ0) is 20.9. The van der Waals surface area contributed by atoms with Crippen LogP contribution in [0.5, 0.6) is 5.75 Å². The number of hydrogen-bond donors (Lipinski definition) is 1. The number of ether oxygens (including phenoxy) is 1. The Morgan fingerprint density at radius 3 is 2.14 bits per heavy atom. The zero-order valence-corrected chi connectivity index (χ0v) is 17.5. The largest absolute Gasteiger partial charge is 0.494 e. The van der Waals surface area contributed by atoms with Crippen molar-refractivity contribution in [1.82, 2.24) is 0 Å². The number of benzene rings is 2. The molecular weight excluding hydrogens is 350 g/mol. The molecule has 0 fully saturated rings. The second-order valence-electron chi connectivity index (χ2n) is 7.80. The molecule has 0 aromatic heterocycles. The number of carbonyl (C=O) groups is 1. The van der Waals surface area contributed by atoms with E-state index in [4.69, 9.17) is 9.84 Å². The van der Waals surface area contributed by atoms with Gasteiger partial charge in [0.1, 0.15) is 5.75 Å². The molecule has 0 aliphatic heterocycles. The lowest BCUT2D eigenvalue weighted by Gasteiger charge is -2.23. The fraction of sp³-hybridized carbons (Fsp3) is 0.333. The lowest BCUT2D eigenvalue weighted by atomic mass is 9.84. The number of aromatic carboxylic acids is 1. The number of hydrogen-bond acceptors (Lipinski definition) is 3. The maximum absolute atomic E-state index is 11.0. The van der Waals surface area contributed by atoms with Crippen molar-refractivity contribution in [2.75, 3.05) is 6.61 Å². The molecule has 0 atom stereocenters. The number of allylic oxidation sites excluding steroid dienone is 1. The molecule has 0 unspecified atom stereocenters. The average Bonchev–Trinajstić information content (AvgIpc) is 2.65. The van der Waals surface area contributed by atoms with E-state index in [0.717, 1.165) is 28.2 Å². The lowest BCUT2D eigenvalue weighted by Crippen LogP contribution is -2.14. The van der Waals surface area contributed by atoms with Gasteiger partial charge in [0, 0.05) is 17.5 Å². The Hall–Kier alpha value is -2.88. The van der Waals surface area contributed by atoms with E-state index in [1.807, 2.05) is 33.0 Å². The predicted molar refractivity (Wildman–Crippen MR) is 116 cm³/mol. The van der Waals surface area contributed by atoms with Crippen LogP contribution in [-0.4, -0.2) is 23.4 Å². The van der Waals surface area contributed by atoms with Crippen LogP contribution in [0.4, 0.5) is 0 Å². The third kappa shape index (κ3) is 5.32. The highest BCUT2D eigenvalue weighted by Gasteiger charge is 2.19. The summed E-state index contributed by atoms with van der Waals surface area (Å²) in [4.78, 5) is 15.5. The molecule has 0 saturated carbocycles. The fourth-order valence-electron chi connectivity index (χ4n) is 2.84. The topological polar surface area (TPSA) is 58.9 Å².